The van der Waals surface area contributed by atoms with Gasteiger partial charge in [-0.2, -0.15) is 5.26 Å². The van der Waals surface area contributed by atoms with Gasteiger partial charge in [0.15, 0.2) is 0 Å². The van der Waals surface area contributed by atoms with Gasteiger partial charge in [-0.3, -0.25) is 0 Å². The average Bonchev–Trinajstić information content (AvgIpc) is 2.67. The lowest BCUT2D eigenvalue weighted by atomic mass is 10.1. The van der Waals surface area contributed by atoms with E-state index in [0.29, 0.717) is 12.0 Å². The van der Waals surface area contributed by atoms with Gasteiger partial charge in [-0.1, -0.05) is 0 Å². The Hall–Kier alpha value is -1.60. The quantitative estimate of drug-likeness (QED) is 0.582. The normalized spacial score (nSPS) is 17.1. The molecule has 76 valence electrons. The first-order valence-electron chi connectivity index (χ1n) is 4.59. The molecule has 1 aliphatic rings. The van der Waals surface area contributed by atoms with Crippen molar-refractivity contribution in [3.05, 3.63) is 27.0 Å². The number of rotatable bonds is 1. The van der Waals surface area contributed by atoms with E-state index in [0.717, 1.165) is 11.3 Å². The van der Waals surface area contributed by atoms with Crippen LogP contribution in [0.2, 0.25) is 0 Å². The molecule has 0 aromatic carbocycles. The Morgan fingerprint density at radius 1 is 1.60 bits per heavy atom. The number of carbonyl (C=O) groups is 1. The van der Waals surface area contributed by atoms with Crippen molar-refractivity contribution in [2.75, 3.05) is 0 Å². The Kier molecular flexibility index (Phi) is 2.33. The standard InChI is InChI=1S/C11H9NO2S/c1-6-4-7-2-3-8(10(7)15-6)9(5-12)11(13)14/h4H,2-3H2,1H3,(H,13,14)/b9-8+. The summed E-state index contributed by atoms with van der Waals surface area (Å²) in [5.74, 6) is -1.12. The van der Waals surface area contributed by atoms with E-state index in [1.807, 2.05) is 6.92 Å². The summed E-state index contributed by atoms with van der Waals surface area (Å²) < 4.78 is 0. The number of hydrogen-bond acceptors (Lipinski definition) is 3. The van der Waals surface area contributed by atoms with Crippen molar-refractivity contribution in [1.29, 1.82) is 5.26 Å². The molecule has 15 heavy (non-hydrogen) atoms. The van der Waals surface area contributed by atoms with Crippen LogP contribution >= 0.6 is 11.3 Å². The summed E-state index contributed by atoms with van der Waals surface area (Å²) in [6, 6.07) is 3.85. The van der Waals surface area contributed by atoms with Crippen LogP contribution < -0.4 is 0 Å². The summed E-state index contributed by atoms with van der Waals surface area (Å²) >= 11 is 1.57. The van der Waals surface area contributed by atoms with Crippen molar-refractivity contribution in [3.63, 3.8) is 0 Å². The Morgan fingerprint density at radius 2 is 2.33 bits per heavy atom. The number of nitrogens with zero attached hydrogens (tertiary/aromatic N) is 1. The molecule has 0 radical (unpaired) electrons. The molecule has 2 rings (SSSR count). The van der Waals surface area contributed by atoms with Crippen LogP contribution in [0.25, 0.3) is 5.57 Å². The molecule has 1 aromatic heterocycles. The van der Waals surface area contributed by atoms with Gasteiger partial charge in [0.25, 0.3) is 0 Å². The van der Waals surface area contributed by atoms with Gasteiger partial charge < -0.3 is 5.11 Å². The van der Waals surface area contributed by atoms with Crippen LogP contribution in [0.15, 0.2) is 11.6 Å². The maximum absolute atomic E-state index is 10.9. The highest BCUT2D eigenvalue weighted by molar-refractivity contribution is 7.13. The molecule has 1 aliphatic carbocycles. The number of nitriles is 1. The molecule has 0 atom stereocenters. The number of carboxylic acids is 1. The fourth-order valence-electron chi connectivity index (χ4n) is 1.86. The number of allylic oxidation sites excluding steroid dienone is 1. The third-order valence-electron chi connectivity index (χ3n) is 2.48. The summed E-state index contributed by atoms with van der Waals surface area (Å²) in [5, 5.41) is 17.7. The average molecular weight is 219 g/mol. The maximum atomic E-state index is 10.9. The number of hydrogen-bond donors (Lipinski definition) is 1. The van der Waals surface area contributed by atoms with Crippen molar-refractivity contribution in [2.24, 2.45) is 0 Å². The molecule has 0 saturated carbocycles. The van der Waals surface area contributed by atoms with Gasteiger partial charge in [-0.05, 0) is 37.0 Å². The summed E-state index contributed by atoms with van der Waals surface area (Å²) in [6.45, 7) is 1.99. The lowest BCUT2D eigenvalue weighted by Gasteiger charge is -1.97. The molecule has 1 heterocycles. The van der Waals surface area contributed by atoms with E-state index in [-0.39, 0.29) is 5.57 Å². The number of fused-ring (bicyclic) bond motifs is 1. The van der Waals surface area contributed by atoms with Gasteiger partial charge in [0, 0.05) is 9.75 Å². The van der Waals surface area contributed by atoms with Gasteiger partial charge >= 0.3 is 5.97 Å². The predicted octanol–water partition coefficient (Wildman–Crippen LogP) is 2.36. The van der Waals surface area contributed by atoms with Crippen molar-refractivity contribution in [2.45, 2.75) is 19.8 Å². The zero-order valence-electron chi connectivity index (χ0n) is 8.20. The molecular weight excluding hydrogens is 210 g/mol. The summed E-state index contributed by atoms with van der Waals surface area (Å²) in [5.41, 5.74) is 1.79. The summed E-state index contributed by atoms with van der Waals surface area (Å²) in [6.07, 6.45) is 1.53. The van der Waals surface area contributed by atoms with Crippen LogP contribution in [-0.2, 0) is 11.2 Å². The Bertz CT molecular complexity index is 505. The molecule has 3 nitrogen and oxygen atoms in total. The predicted molar refractivity (Wildman–Crippen MR) is 57.5 cm³/mol. The highest BCUT2D eigenvalue weighted by Gasteiger charge is 2.25. The second-order valence-electron chi connectivity index (χ2n) is 3.48. The molecule has 0 spiro atoms. The minimum absolute atomic E-state index is 0.101. The molecular formula is C11H9NO2S. The molecule has 4 heteroatoms. The lowest BCUT2D eigenvalue weighted by molar-refractivity contribution is -0.132. The minimum atomic E-state index is -1.12. The first kappa shape index (κ1) is 9.94. The van der Waals surface area contributed by atoms with E-state index in [1.165, 1.54) is 10.4 Å². The van der Waals surface area contributed by atoms with Crippen LogP contribution in [0.1, 0.15) is 21.7 Å². The van der Waals surface area contributed by atoms with Crippen molar-refractivity contribution in [1.82, 2.24) is 0 Å². The van der Waals surface area contributed by atoms with E-state index in [9.17, 15) is 4.79 Å². The smallest absolute Gasteiger partial charge is 0.346 e. The van der Waals surface area contributed by atoms with Crippen LogP contribution in [0.5, 0.6) is 0 Å². The van der Waals surface area contributed by atoms with Gasteiger partial charge in [0.1, 0.15) is 11.6 Å². The monoisotopic (exact) mass is 219 g/mol. The third kappa shape index (κ3) is 1.55. The zero-order valence-corrected chi connectivity index (χ0v) is 9.02. The van der Waals surface area contributed by atoms with Gasteiger partial charge in [0.05, 0.1) is 0 Å². The molecule has 0 bridgehead atoms. The van der Waals surface area contributed by atoms with Crippen molar-refractivity contribution >= 4 is 22.9 Å². The minimum Gasteiger partial charge on any atom is -0.477 e. The number of aryl methyl sites for hydroxylation is 2. The van der Waals surface area contributed by atoms with Crippen LogP contribution in [0, 0.1) is 18.3 Å². The number of aliphatic carboxylic acids is 1. The van der Waals surface area contributed by atoms with Gasteiger partial charge in [-0.25, -0.2) is 4.79 Å². The van der Waals surface area contributed by atoms with Crippen LogP contribution in [0.3, 0.4) is 0 Å². The molecule has 1 aromatic rings. The van der Waals surface area contributed by atoms with E-state index >= 15 is 0 Å². The largest absolute Gasteiger partial charge is 0.477 e. The highest BCUT2D eigenvalue weighted by atomic mass is 32.1. The molecule has 1 N–H and O–H groups in total. The fourth-order valence-corrected chi connectivity index (χ4v) is 3.01. The first-order chi connectivity index (χ1) is 7.13. The third-order valence-corrected chi connectivity index (χ3v) is 3.63. The first-order valence-corrected chi connectivity index (χ1v) is 5.41. The van der Waals surface area contributed by atoms with Crippen molar-refractivity contribution in [3.8, 4) is 6.07 Å². The number of thiophene rings is 1. The molecule has 0 fully saturated rings. The molecule has 0 aliphatic heterocycles. The molecule has 0 amide bonds. The Morgan fingerprint density at radius 3 is 2.93 bits per heavy atom. The van der Waals surface area contributed by atoms with E-state index in [2.05, 4.69) is 6.07 Å². The zero-order chi connectivity index (χ0) is 11.0. The number of carboxylic acid groups (broad SMARTS) is 1. The Labute approximate surface area is 91.3 Å². The molecule has 0 saturated heterocycles. The second-order valence-corrected chi connectivity index (χ2v) is 4.74. The van der Waals surface area contributed by atoms with E-state index < -0.39 is 5.97 Å². The van der Waals surface area contributed by atoms with Crippen LogP contribution in [0.4, 0.5) is 0 Å². The summed E-state index contributed by atoms with van der Waals surface area (Å²) in [7, 11) is 0. The lowest BCUT2D eigenvalue weighted by Crippen LogP contribution is -2.00. The summed E-state index contributed by atoms with van der Waals surface area (Å²) in [4.78, 5) is 13.0. The van der Waals surface area contributed by atoms with Crippen molar-refractivity contribution < 1.29 is 9.90 Å². The van der Waals surface area contributed by atoms with E-state index in [1.54, 1.807) is 17.4 Å². The van der Waals surface area contributed by atoms with Crippen LogP contribution in [-0.4, -0.2) is 11.1 Å². The van der Waals surface area contributed by atoms with Gasteiger partial charge in [0.2, 0.25) is 0 Å². The second kappa shape index (κ2) is 3.52. The van der Waals surface area contributed by atoms with E-state index in [4.69, 9.17) is 10.4 Å². The SMILES string of the molecule is Cc1cc2c(s1)/C(=C(\C#N)C(=O)O)CC2. The Balaban J connectivity index is 2.59. The fraction of sp³-hybridized carbons (Fsp3) is 0.273. The highest BCUT2D eigenvalue weighted by Crippen LogP contribution is 2.40. The topological polar surface area (TPSA) is 61.1 Å². The maximum Gasteiger partial charge on any atom is 0.346 e. The van der Waals surface area contributed by atoms with Gasteiger partial charge in [-0.15, -0.1) is 11.3 Å². The molecule has 0 unspecified atom stereocenters.